The number of carbonyl (C=O) groups is 1. The van der Waals surface area contributed by atoms with E-state index in [0.717, 1.165) is 0 Å². The molecule has 27 heavy (non-hydrogen) atoms. The van der Waals surface area contributed by atoms with Crippen LogP contribution in [0.3, 0.4) is 0 Å². The Kier molecular flexibility index (Phi) is 5.68. The fourth-order valence-corrected chi connectivity index (χ4v) is 3.41. The molecular weight excluding hydrogens is 390 g/mol. The molecule has 9 heteroatoms. The summed E-state index contributed by atoms with van der Waals surface area (Å²) in [7, 11) is 0. The van der Waals surface area contributed by atoms with E-state index >= 15 is 0 Å². The fourth-order valence-electron chi connectivity index (χ4n) is 2.38. The Bertz CT molecular complexity index is 978. The molecule has 0 unspecified atom stereocenters. The molecule has 0 saturated heterocycles. The number of halogens is 1. The van der Waals surface area contributed by atoms with E-state index in [9.17, 15) is 14.9 Å². The van der Waals surface area contributed by atoms with Crippen LogP contribution in [0, 0.1) is 10.1 Å². The van der Waals surface area contributed by atoms with E-state index in [2.05, 4.69) is 4.98 Å². The third-order valence-corrected chi connectivity index (χ3v) is 4.66. The summed E-state index contributed by atoms with van der Waals surface area (Å²) in [6.45, 7) is 1.49. The van der Waals surface area contributed by atoms with Crippen LogP contribution >= 0.6 is 22.9 Å². The molecule has 0 N–H and O–H groups in total. The zero-order valence-corrected chi connectivity index (χ0v) is 15.7. The smallest absolute Gasteiger partial charge is 0.312 e. The van der Waals surface area contributed by atoms with Gasteiger partial charge in [-0.1, -0.05) is 29.8 Å². The highest BCUT2D eigenvalue weighted by molar-refractivity contribution is 7.14. The van der Waals surface area contributed by atoms with Crippen LogP contribution in [0.1, 0.15) is 12.6 Å². The van der Waals surface area contributed by atoms with Crippen molar-refractivity contribution in [3.63, 3.8) is 0 Å². The molecule has 0 atom stereocenters. The van der Waals surface area contributed by atoms with E-state index in [-0.39, 0.29) is 29.0 Å². The highest BCUT2D eigenvalue weighted by atomic mass is 35.5. The first kappa shape index (κ1) is 18.8. The number of nitro benzene ring substituents is 1. The molecule has 1 amide bonds. The molecule has 3 rings (SSSR count). The van der Waals surface area contributed by atoms with Gasteiger partial charge in [-0.2, -0.15) is 0 Å². The largest absolute Gasteiger partial charge is 0.480 e. The molecule has 0 fully saturated rings. The van der Waals surface area contributed by atoms with E-state index in [1.807, 2.05) is 30.3 Å². The van der Waals surface area contributed by atoms with Crippen LogP contribution in [0.5, 0.6) is 5.75 Å². The van der Waals surface area contributed by atoms with Crippen LogP contribution in [0.2, 0.25) is 5.02 Å². The first-order chi connectivity index (χ1) is 13.0. The summed E-state index contributed by atoms with van der Waals surface area (Å²) in [5.74, 6) is -0.0678. The van der Waals surface area contributed by atoms with Crippen LogP contribution in [0.25, 0.3) is 0 Å². The second-order valence-electron chi connectivity index (χ2n) is 5.47. The highest BCUT2D eigenvalue weighted by Gasteiger charge is 2.19. The SMILES string of the molecule is CC(=O)N(c1ccccc1)c1nc(COc2ccc(Cl)cc2[N+](=O)[O-])cs1. The number of nitrogens with zero attached hydrogens (tertiary/aromatic N) is 3. The maximum Gasteiger partial charge on any atom is 0.312 e. The number of hydrogen-bond acceptors (Lipinski definition) is 6. The Hall–Kier alpha value is -2.97. The van der Waals surface area contributed by atoms with Gasteiger partial charge in [-0.15, -0.1) is 11.3 Å². The second-order valence-corrected chi connectivity index (χ2v) is 6.74. The van der Waals surface area contributed by atoms with Crippen molar-refractivity contribution in [2.45, 2.75) is 13.5 Å². The number of benzene rings is 2. The average molecular weight is 404 g/mol. The Morgan fingerprint density at radius 1 is 1.30 bits per heavy atom. The van der Waals surface area contributed by atoms with E-state index < -0.39 is 4.92 Å². The van der Waals surface area contributed by atoms with Gasteiger partial charge in [-0.05, 0) is 24.3 Å². The number of thiazole rings is 1. The summed E-state index contributed by atoms with van der Waals surface area (Å²) < 4.78 is 5.54. The van der Waals surface area contributed by atoms with Crippen molar-refractivity contribution in [2.75, 3.05) is 4.90 Å². The Labute approximate surface area is 163 Å². The number of aromatic nitrogens is 1. The minimum atomic E-state index is -0.555. The van der Waals surface area contributed by atoms with E-state index in [1.165, 1.54) is 41.4 Å². The van der Waals surface area contributed by atoms with Gasteiger partial charge in [-0.3, -0.25) is 19.8 Å². The van der Waals surface area contributed by atoms with Gasteiger partial charge in [0.1, 0.15) is 6.61 Å². The summed E-state index contributed by atoms with van der Waals surface area (Å²) in [4.78, 5) is 28.5. The lowest BCUT2D eigenvalue weighted by molar-refractivity contribution is -0.385. The molecule has 0 aliphatic carbocycles. The van der Waals surface area contributed by atoms with Gasteiger partial charge in [-0.25, -0.2) is 4.98 Å². The molecule has 2 aromatic carbocycles. The lowest BCUT2D eigenvalue weighted by atomic mass is 10.3. The Morgan fingerprint density at radius 3 is 2.70 bits per heavy atom. The van der Waals surface area contributed by atoms with Crippen LogP contribution in [0.4, 0.5) is 16.5 Å². The zero-order chi connectivity index (χ0) is 19.4. The Morgan fingerprint density at radius 2 is 2.04 bits per heavy atom. The number of rotatable bonds is 6. The molecule has 0 bridgehead atoms. The van der Waals surface area contributed by atoms with Gasteiger partial charge in [0.25, 0.3) is 0 Å². The molecular formula is C18H14ClN3O4S. The monoisotopic (exact) mass is 403 g/mol. The minimum absolute atomic E-state index is 0.0273. The lowest BCUT2D eigenvalue weighted by Crippen LogP contribution is -2.22. The number of hydrogen-bond donors (Lipinski definition) is 0. The summed E-state index contributed by atoms with van der Waals surface area (Å²) in [5.41, 5.74) is 1.05. The van der Waals surface area contributed by atoms with Crippen molar-refractivity contribution < 1.29 is 14.5 Å². The lowest BCUT2D eigenvalue weighted by Gasteiger charge is -2.17. The molecule has 1 aromatic heterocycles. The van der Waals surface area contributed by atoms with Crippen molar-refractivity contribution in [1.82, 2.24) is 4.98 Å². The van der Waals surface area contributed by atoms with Gasteiger partial charge < -0.3 is 4.74 Å². The average Bonchev–Trinajstić information content (AvgIpc) is 3.09. The van der Waals surface area contributed by atoms with Crippen molar-refractivity contribution in [1.29, 1.82) is 0 Å². The standard InChI is InChI=1S/C18H14ClN3O4S/c1-12(23)21(15-5-3-2-4-6-15)18-20-14(11-27-18)10-26-17-8-7-13(19)9-16(17)22(24)25/h2-9,11H,10H2,1H3. The summed E-state index contributed by atoms with van der Waals surface area (Å²) >= 11 is 7.08. The molecule has 138 valence electrons. The number of ether oxygens (including phenoxy) is 1. The molecule has 3 aromatic rings. The summed E-state index contributed by atoms with van der Waals surface area (Å²) in [5, 5.41) is 13.6. The molecule has 0 saturated carbocycles. The van der Waals surface area contributed by atoms with Gasteiger partial charge in [0.15, 0.2) is 10.9 Å². The normalized spacial score (nSPS) is 10.4. The van der Waals surface area contributed by atoms with Crippen LogP contribution < -0.4 is 9.64 Å². The fraction of sp³-hybridized carbons (Fsp3) is 0.111. The Balaban J connectivity index is 1.79. The molecule has 7 nitrogen and oxygen atoms in total. The first-order valence-corrected chi connectivity index (χ1v) is 9.08. The van der Waals surface area contributed by atoms with Crippen molar-refractivity contribution in [3.8, 4) is 5.75 Å². The molecule has 1 heterocycles. The number of para-hydroxylation sites is 1. The predicted molar refractivity (Wildman–Crippen MR) is 104 cm³/mol. The van der Waals surface area contributed by atoms with Gasteiger partial charge >= 0.3 is 5.69 Å². The molecule has 0 spiro atoms. The number of carbonyl (C=O) groups excluding carboxylic acids is 1. The maximum absolute atomic E-state index is 12.1. The van der Waals surface area contributed by atoms with Crippen LogP contribution in [-0.4, -0.2) is 15.8 Å². The van der Waals surface area contributed by atoms with Gasteiger partial charge in [0.2, 0.25) is 5.91 Å². The summed E-state index contributed by atoms with van der Waals surface area (Å²) in [6, 6.07) is 13.4. The number of amides is 1. The quantitative estimate of drug-likeness (QED) is 0.428. The number of anilines is 2. The first-order valence-electron chi connectivity index (χ1n) is 7.82. The van der Waals surface area contributed by atoms with Gasteiger partial charge in [0.05, 0.1) is 16.3 Å². The van der Waals surface area contributed by atoms with Crippen molar-refractivity contribution >= 4 is 45.4 Å². The van der Waals surface area contributed by atoms with E-state index in [0.29, 0.717) is 16.5 Å². The maximum atomic E-state index is 12.1. The third-order valence-electron chi connectivity index (χ3n) is 3.55. The predicted octanol–water partition coefficient (Wildman–Crippen LogP) is 4.97. The van der Waals surface area contributed by atoms with E-state index in [1.54, 1.807) is 5.38 Å². The van der Waals surface area contributed by atoms with Gasteiger partial charge in [0, 0.05) is 23.4 Å². The van der Waals surface area contributed by atoms with E-state index in [4.69, 9.17) is 16.3 Å². The van der Waals surface area contributed by atoms with Crippen molar-refractivity contribution in [2.24, 2.45) is 0 Å². The highest BCUT2D eigenvalue weighted by Crippen LogP contribution is 2.32. The topological polar surface area (TPSA) is 85.6 Å². The molecule has 0 aliphatic heterocycles. The minimum Gasteiger partial charge on any atom is -0.480 e. The van der Waals surface area contributed by atoms with Crippen LogP contribution in [-0.2, 0) is 11.4 Å². The van der Waals surface area contributed by atoms with Crippen LogP contribution in [0.15, 0.2) is 53.9 Å². The summed E-state index contributed by atoms with van der Waals surface area (Å²) in [6.07, 6.45) is 0. The zero-order valence-electron chi connectivity index (χ0n) is 14.2. The second kappa shape index (κ2) is 8.15. The van der Waals surface area contributed by atoms with Crippen molar-refractivity contribution in [3.05, 3.63) is 74.7 Å². The molecule has 0 aliphatic rings. The third kappa shape index (κ3) is 4.42. The number of nitro groups is 1. The molecule has 0 radical (unpaired) electrons.